The molecule has 2 aromatic heterocycles. The predicted octanol–water partition coefficient (Wildman–Crippen LogP) is 2.69. The van der Waals surface area contributed by atoms with E-state index in [1.165, 1.54) is 18.1 Å². The number of fused-ring (bicyclic) bond motifs is 1. The van der Waals surface area contributed by atoms with Crippen LogP contribution in [0.5, 0.6) is 0 Å². The second-order valence-electron chi connectivity index (χ2n) is 3.56. The van der Waals surface area contributed by atoms with Crippen LogP contribution in [0.25, 0.3) is 11.2 Å². The number of H-pyrrole nitrogens is 1. The first kappa shape index (κ1) is 11.7. The number of nitrogens with one attached hydrogen (secondary N) is 1. The van der Waals surface area contributed by atoms with Gasteiger partial charge in [0.05, 0.1) is 6.33 Å². The Morgan fingerprint density at radius 3 is 2.94 bits per heavy atom. The van der Waals surface area contributed by atoms with Crippen molar-refractivity contribution >= 4 is 51.2 Å². The number of nitrogens with two attached hydrogens (primary N) is 1. The summed E-state index contributed by atoms with van der Waals surface area (Å²) in [6.07, 6.45) is 3.12. The summed E-state index contributed by atoms with van der Waals surface area (Å²) in [7, 11) is 0. The molecule has 0 fully saturated rings. The van der Waals surface area contributed by atoms with E-state index in [1.54, 1.807) is 6.33 Å². The maximum Gasteiger partial charge on any atom is 0.181 e. The zero-order valence-electron chi connectivity index (χ0n) is 9.09. The van der Waals surface area contributed by atoms with Gasteiger partial charge in [-0.25, -0.2) is 15.0 Å². The molecule has 3 aromatic rings. The van der Waals surface area contributed by atoms with Crippen molar-refractivity contribution in [2.24, 2.45) is 0 Å². The van der Waals surface area contributed by atoms with Crippen LogP contribution in [-0.4, -0.2) is 19.9 Å². The largest absolute Gasteiger partial charge is 0.398 e. The van der Waals surface area contributed by atoms with Crippen molar-refractivity contribution in [1.82, 2.24) is 19.9 Å². The lowest BCUT2D eigenvalue weighted by Gasteiger charge is -2.05. The number of halogens is 1. The van der Waals surface area contributed by atoms with E-state index in [1.807, 2.05) is 18.2 Å². The Morgan fingerprint density at radius 2 is 2.11 bits per heavy atom. The van der Waals surface area contributed by atoms with Gasteiger partial charge >= 0.3 is 0 Å². The molecule has 0 bridgehead atoms. The first-order valence-corrected chi connectivity index (χ1v) is 7.00. The highest BCUT2D eigenvalue weighted by Gasteiger charge is 2.09. The summed E-state index contributed by atoms with van der Waals surface area (Å²) in [6.45, 7) is 0. The van der Waals surface area contributed by atoms with Crippen molar-refractivity contribution in [1.29, 1.82) is 0 Å². The molecule has 0 amide bonds. The number of hydrogen-bond acceptors (Lipinski definition) is 5. The summed E-state index contributed by atoms with van der Waals surface area (Å²) in [6, 6.07) is 5.95. The summed E-state index contributed by atoms with van der Waals surface area (Å²) >= 11 is 3.74. The molecule has 2 heterocycles. The molecule has 0 spiro atoms. The molecule has 0 radical (unpaired) electrons. The molecule has 3 N–H and O–H groups in total. The van der Waals surface area contributed by atoms with Crippen molar-refractivity contribution in [2.45, 2.75) is 9.92 Å². The number of rotatable bonds is 2. The molecule has 0 saturated heterocycles. The zero-order chi connectivity index (χ0) is 12.5. The molecule has 0 saturated carbocycles. The van der Waals surface area contributed by atoms with Gasteiger partial charge < -0.3 is 10.7 Å². The van der Waals surface area contributed by atoms with Crippen LogP contribution >= 0.6 is 34.4 Å². The lowest BCUT2D eigenvalue weighted by Crippen LogP contribution is -1.91. The van der Waals surface area contributed by atoms with Crippen LogP contribution < -0.4 is 5.73 Å². The highest BCUT2D eigenvalue weighted by molar-refractivity contribution is 14.1. The third-order valence-corrected chi connectivity index (χ3v) is 4.13. The monoisotopic (exact) mass is 369 g/mol. The number of aromatic nitrogens is 4. The van der Waals surface area contributed by atoms with E-state index in [2.05, 4.69) is 42.5 Å². The van der Waals surface area contributed by atoms with Crippen molar-refractivity contribution in [3.05, 3.63) is 34.4 Å². The number of nitrogens with zero attached hydrogens (tertiary/aromatic N) is 3. The Hall–Kier alpha value is -1.35. The average molecular weight is 369 g/mol. The molecule has 90 valence electrons. The molecule has 0 unspecified atom stereocenters. The Morgan fingerprint density at radius 1 is 1.22 bits per heavy atom. The van der Waals surface area contributed by atoms with E-state index in [9.17, 15) is 0 Å². The van der Waals surface area contributed by atoms with E-state index in [0.29, 0.717) is 5.65 Å². The molecule has 3 rings (SSSR count). The molecule has 0 atom stereocenters. The van der Waals surface area contributed by atoms with Gasteiger partial charge in [0.15, 0.2) is 5.65 Å². The van der Waals surface area contributed by atoms with Gasteiger partial charge in [0, 0.05) is 14.2 Å². The van der Waals surface area contributed by atoms with Gasteiger partial charge in [-0.15, -0.1) is 0 Å². The van der Waals surface area contributed by atoms with Crippen molar-refractivity contribution < 1.29 is 0 Å². The second-order valence-corrected chi connectivity index (χ2v) is 5.84. The normalized spacial score (nSPS) is 10.9. The quantitative estimate of drug-likeness (QED) is 0.413. The van der Waals surface area contributed by atoms with E-state index in [4.69, 9.17) is 5.73 Å². The Bertz CT molecular complexity index is 711. The van der Waals surface area contributed by atoms with E-state index in [0.717, 1.165) is 24.7 Å². The lowest BCUT2D eigenvalue weighted by molar-refractivity contribution is 1.08. The van der Waals surface area contributed by atoms with Crippen LogP contribution in [0.1, 0.15) is 0 Å². The predicted molar refractivity (Wildman–Crippen MR) is 79.4 cm³/mol. The minimum atomic E-state index is 0.664. The number of benzene rings is 1. The SMILES string of the molecule is Nc1cc(I)ccc1Sc1ncnc2nc[nH]c12. The molecule has 7 heteroatoms. The minimum absolute atomic E-state index is 0.664. The van der Waals surface area contributed by atoms with Crippen LogP contribution in [0, 0.1) is 3.57 Å². The molecule has 0 aliphatic carbocycles. The third-order valence-electron chi connectivity index (χ3n) is 2.37. The molecule has 5 nitrogen and oxygen atoms in total. The fraction of sp³-hybridized carbons (Fsp3) is 0. The van der Waals surface area contributed by atoms with Crippen molar-refractivity contribution in [2.75, 3.05) is 5.73 Å². The highest BCUT2D eigenvalue weighted by Crippen LogP contribution is 2.33. The maximum absolute atomic E-state index is 5.99. The summed E-state index contributed by atoms with van der Waals surface area (Å²) in [4.78, 5) is 16.5. The number of hydrogen-bond donors (Lipinski definition) is 2. The number of imidazole rings is 1. The van der Waals surface area contributed by atoms with Gasteiger partial charge in [-0.1, -0.05) is 11.8 Å². The molecule has 1 aromatic carbocycles. The summed E-state index contributed by atoms with van der Waals surface area (Å²) in [5.74, 6) is 0. The number of aromatic amines is 1. The van der Waals surface area contributed by atoms with Gasteiger partial charge in [-0.05, 0) is 40.8 Å². The molecular weight excluding hydrogens is 361 g/mol. The number of anilines is 1. The molecule has 0 aliphatic rings. The summed E-state index contributed by atoms with van der Waals surface area (Å²) in [5, 5.41) is 0.824. The Kier molecular flexibility index (Phi) is 3.08. The van der Waals surface area contributed by atoms with Crippen LogP contribution in [-0.2, 0) is 0 Å². The van der Waals surface area contributed by atoms with E-state index >= 15 is 0 Å². The van der Waals surface area contributed by atoms with Gasteiger partial charge in [0.1, 0.15) is 16.9 Å². The number of nitrogen functional groups attached to an aromatic ring is 1. The van der Waals surface area contributed by atoms with Gasteiger partial charge in [0.25, 0.3) is 0 Å². The van der Waals surface area contributed by atoms with E-state index in [-0.39, 0.29) is 0 Å². The lowest BCUT2D eigenvalue weighted by atomic mass is 10.3. The zero-order valence-corrected chi connectivity index (χ0v) is 12.1. The first-order chi connectivity index (χ1) is 8.74. The Labute approximate surface area is 121 Å². The topological polar surface area (TPSA) is 80.5 Å². The minimum Gasteiger partial charge on any atom is -0.398 e. The van der Waals surface area contributed by atoms with Crippen LogP contribution in [0.2, 0.25) is 0 Å². The standard InChI is InChI=1S/C11H8IN5S/c12-6-1-2-8(7(13)3-6)18-11-9-10(15-4-14-9)16-5-17-11/h1-5H,13H2,(H,14,15,16,17). The fourth-order valence-corrected chi connectivity index (χ4v) is 2.93. The summed E-state index contributed by atoms with van der Waals surface area (Å²) in [5.41, 5.74) is 8.24. The van der Waals surface area contributed by atoms with Crippen LogP contribution in [0.4, 0.5) is 5.69 Å². The Balaban J connectivity index is 2.03. The highest BCUT2D eigenvalue weighted by atomic mass is 127. The van der Waals surface area contributed by atoms with Gasteiger partial charge in [-0.2, -0.15) is 0 Å². The van der Waals surface area contributed by atoms with Crippen LogP contribution in [0.3, 0.4) is 0 Å². The smallest absolute Gasteiger partial charge is 0.181 e. The van der Waals surface area contributed by atoms with Gasteiger partial charge in [0.2, 0.25) is 0 Å². The maximum atomic E-state index is 5.99. The molecule has 18 heavy (non-hydrogen) atoms. The fourth-order valence-electron chi connectivity index (χ4n) is 1.54. The van der Waals surface area contributed by atoms with E-state index < -0.39 is 0 Å². The summed E-state index contributed by atoms with van der Waals surface area (Å²) < 4.78 is 1.11. The van der Waals surface area contributed by atoms with Gasteiger partial charge in [-0.3, -0.25) is 0 Å². The first-order valence-electron chi connectivity index (χ1n) is 5.11. The molecule has 0 aliphatic heterocycles. The third kappa shape index (κ3) is 2.15. The average Bonchev–Trinajstić information content (AvgIpc) is 2.82. The van der Waals surface area contributed by atoms with Crippen molar-refractivity contribution in [3.63, 3.8) is 0 Å². The van der Waals surface area contributed by atoms with Crippen molar-refractivity contribution in [3.8, 4) is 0 Å². The molecular formula is C11H8IN5S. The van der Waals surface area contributed by atoms with Crippen LogP contribution in [0.15, 0.2) is 40.8 Å². The second kappa shape index (κ2) is 4.73.